The first-order valence-corrected chi connectivity index (χ1v) is 9.41. The number of nitrogens with zero attached hydrogens (tertiary/aromatic N) is 1. The normalized spacial score (nSPS) is 22.5. The van der Waals surface area contributed by atoms with Crippen LogP contribution in [0.2, 0.25) is 0 Å². The summed E-state index contributed by atoms with van der Waals surface area (Å²) in [6.07, 6.45) is -1.28. The lowest BCUT2D eigenvalue weighted by Crippen LogP contribution is -2.46. The van der Waals surface area contributed by atoms with E-state index < -0.39 is 17.8 Å². The van der Waals surface area contributed by atoms with Crippen LogP contribution >= 0.6 is 27.7 Å². The van der Waals surface area contributed by atoms with Gasteiger partial charge in [0.25, 0.3) is 0 Å². The van der Waals surface area contributed by atoms with E-state index in [9.17, 15) is 9.59 Å². The molecular formula is C16H19BrN2O4S. The molecule has 1 saturated heterocycles. The molecule has 8 heteroatoms. The van der Waals surface area contributed by atoms with Gasteiger partial charge >= 0.3 is 12.2 Å². The highest BCUT2D eigenvalue weighted by molar-refractivity contribution is 9.10. The summed E-state index contributed by atoms with van der Waals surface area (Å²) in [6, 6.07) is 5.70. The highest BCUT2D eigenvalue weighted by atomic mass is 79.9. The summed E-state index contributed by atoms with van der Waals surface area (Å²) < 4.78 is 11.7. The second-order valence-corrected chi connectivity index (χ2v) is 8.64. The number of carbonyl (C=O) groups excluding carboxylic acids is 2. The minimum Gasteiger partial charge on any atom is -0.444 e. The van der Waals surface area contributed by atoms with E-state index in [2.05, 4.69) is 21.2 Å². The monoisotopic (exact) mass is 414 g/mol. The molecule has 130 valence electrons. The average molecular weight is 415 g/mol. The molecule has 0 spiro atoms. The molecule has 6 nitrogen and oxygen atoms in total. The van der Waals surface area contributed by atoms with E-state index in [0.717, 1.165) is 20.8 Å². The lowest BCUT2D eigenvalue weighted by Gasteiger charge is -2.30. The largest absolute Gasteiger partial charge is 0.444 e. The number of hydrogen-bond donors (Lipinski definition) is 1. The van der Waals surface area contributed by atoms with Crippen molar-refractivity contribution in [2.45, 2.75) is 43.4 Å². The van der Waals surface area contributed by atoms with E-state index in [-0.39, 0.29) is 18.7 Å². The van der Waals surface area contributed by atoms with Crippen LogP contribution in [-0.2, 0) is 9.47 Å². The molecule has 1 aromatic rings. The Morgan fingerprint density at radius 1 is 1.50 bits per heavy atom. The van der Waals surface area contributed by atoms with Crippen molar-refractivity contribution < 1.29 is 19.1 Å². The van der Waals surface area contributed by atoms with Gasteiger partial charge < -0.3 is 14.8 Å². The maximum Gasteiger partial charge on any atom is 0.415 e. The highest BCUT2D eigenvalue weighted by Gasteiger charge is 2.45. The zero-order valence-corrected chi connectivity index (χ0v) is 16.1. The van der Waals surface area contributed by atoms with Gasteiger partial charge in [-0.25, -0.2) is 9.59 Å². The van der Waals surface area contributed by atoms with Gasteiger partial charge in [-0.15, -0.1) is 11.8 Å². The second kappa shape index (κ2) is 6.48. The number of benzene rings is 1. The van der Waals surface area contributed by atoms with Crippen molar-refractivity contribution in [2.75, 3.05) is 17.2 Å². The summed E-state index contributed by atoms with van der Waals surface area (Å²) in [5.74, 6) is 0.718. The number of nitrogens with one attached hydrogen (secondary N) is 1. The summed E-state index contributed by atoms with van der Waals surface area (Å²) in [5.41, 5.74) is 0.291. The van der Waals surface area contributed by atoms with Gasteiger partial charge in [0.2, 0.25) is 0 Å². The van der Waals surface area contributed by atoms with Gasteiger partial charge in [0, 0.05) is 15.1 Å². The predicted molar refractivity (Wildman–Crippen MR) is 95.6 cm³/mol. The van der Waals surface area contributed by atoms with Gasteiger partial charge in [-0.1, -0.05) is 15.9 Å². The zero-order valence-electron chi connectivity index (χ0n) is 13.7. The van der Waals surface area contributed by atoms with E-state index in [1.165, 1.54) is 0 Å². The fourth-order valence-corrected chi connectivity index (χ4v) is 4.43. The molecule has 2 amide bonds. The molecule has 0 saturated carbocycles. The molecule has 0 aliphatic carbocycles. The van der Waals surface area contributed by atoms with Crippen LogP contribution in [0.1, 0.15) is 20.8 Å². The molecule has 2 aliphatic heterocycles. The van der Waals surface area contributed by atoms with Crippen molar-refractivity contribution in [2.24, 2.45) is 0 Å². The number of anilines is 1. The third kappa shape index (κ3) is 3.64. The first-order chi connectivity index (χ1) is 11.2. The molecule has 0 unspecified atom stereocenters. The molecule has 1 aromatic carbocycles. The van der Waals surface area contributed by atoms with Gasteiger partial charge in [-0.2, -0.15) is 0 Å². The third-order valence-electron chi connectivity index (χ3n) is 3.65. The number of hydrogen-bond acceptors (Lipinski definition) is 5. The molecule has 2 aliphatic rings. The molecule has 0 aromatic heterocycles. The SMILES string of the molecule is CC(C)(C)OC(=O)NC[C@@H]1OC(=O)N2c3ccc(Br)cc3SC[C@@H]12. The fraction of sp³-hybridized carbons (Fsp3) is 0.500. The van der Waals surface area contributed by atoms with Crippen LogP contribution in [0.5, 0.6) is 0 Å². The molecular weight excluding hydrogens is 396 g/mol. The number of alkyl carbamates (subject to hydrolysis) is 1. The first kappa shape index (κ1) is 17.4. The van der Waals surface area contributed by atoms with Crippen LogP contribution in [0.15, 0.2) is 27.6 Å². The summed E-state index contributed by atoms with van der Waals surface area (Å²) in [7, 11) is 0. The van der Waals surface area contributed by atoms with Crippen LogP contribution in [0, 0.1) is 0 Å². The smallest absolute Gasteiger partial charge is 0.415 e. The number of cyclic esters (lactones) is 1. The minimum atomic E-state index is -0.560. The molecule has 2 atom stereocenters. The molecule has 0 bridgehead atoms. The van der Waals surface area contributed by atoms with E-state index in [0.29, 0.717) is 0 Å². The number of amides is 2. The van der Waals surface area contributed by atoms with Crippen LogP contribution in [-0.4, -0.2) is 42.2 Å². The lowest BCUT2D eigenvalue weighted by atomic mass is 10.1. The predicted octanol–water partition coefficient (Wildman–Crippen LogP) is 3.77. The van der Waals surface area contributed by atoms with Gasteiger partial charge in [0.1, 0.15) is 11.7 Å². The number of ether oxygens (including phenoxy) is 2. The van der Waals surface area contributed by atoms with Crippen molar-refractivity contribution >= 4 is 45.6 Å². The van der Waals surface area contributed by atoms with Gasteiger partial charge in [-0.05, 0) is 39.0 Å². The van der Waals surface area contributed by atoms with Gasteiger partial charge in [0.15, 0.2) is 0 Å². The highest BCUT2D eigenvalue weighted by Crippen LogP contribution is 2.42. The number of halogens is 1. The number of fused-ring (bicyclic) bond motifs is 3. The molecule has 24 heavy (non-hydrogen) atoms. The summed E-state index contributed by atoms with van der Waals surface area (Å²) in [5, 5.41) is 2.69. The molecule has 3 rings (SSSR count). The topological polar surface area (TPSA) is 67.9 Å². The van der Waals surface area contributed by atoms with E-state index in [1.807, 2.05) is 18.2 Å². The number of carbonyl (C=O) groups is 2. The maximum absolute atomic E-state index is 12.3. The Kier molecular flexibility index (Phi) is 4.70. The van der Waals surface area contributed by atoms with Crippen molar-refractivity contribution in [3.05, 3.63) is 22.7 Å². The lowest BCUT2D eigenvalue weighted by molar-refractivity contribution is 0.0490. The summed E-state index contributed by atoms with van der Waals surface area (Å²) in [4.78, 5) is 26.8. The zero-order chi connectivity index (χ0) is 17.5. The average Bonchev–Trinajstić information content (AvgIpc) is 2.80. The van der Waals surface area contributed by atoms with Crippen molar-refractivity contribution in [1.29, 1.82) is 0 Å². The molecule has 0 radical (unpaired) electrons. The maximum atomic E-state index is 12.3. The van der Waals surface area contributed by atoms with Crippen molar-refractivity contribution in [3.63, 3.8) is 0 Å². The summed E-state index contributed by atoms with van der Waals surface area (Å²) >= 11 is 5.13. The summed E-state index contributed by atoms with van der Waals surface area (Å²) in [6.45, 7) is 5.64. The van der Waals surface area contributed by atoms with Gasteiger partial charge in [-0.3, -0.25) is 4.90 Å². The Balaban J connectivity index is 1.68. The van der Waals surface area contributed by atoms with E-state index in [4.69, 9.17) is 9.47 Å². The number of thioether (sulfide) groups is 1. The van der Waals surface area contributed by atoms with Crippen molar-refractivity contribution in [1.82, 2.24) is 5.32 Å². The molecule has 1 fully saturated rings. The van der Waals surface area contributed by atoms with Crippen LogP contribution < -0.4 is 10.2 Å². The number of rotatable bonds is 2. The Bertz CT molecular complexity index is 677. The Morgan fingerprint density at radius 3 is 2.96 bits per heavy atom. The standard InChI is InChI=1S/C16H19BrN2O4S/c1-16(2,3)23-14(20)18-7-12-11-8-24-13-6-9(17)4-5-10(13)19(11)15(21)22-12/h4-6,11-12H,7-8H2,1-3H3,(H,18,20)/t11-,12-/m0/s1. The second-order valence-electron chi connectivity index (χ2n) is 6.67. The first-order valence-electron chi connectivity index (χ1n) is 7.63. The van der Waals surface area contributed by atoms with Gasteiger partial charge in [0.05, 0.1) is 18.3 Å². The van der Waals surface area contributed by atoms with E-state index in [1.54, 1.807) is 37.4 Å². The molecule has 2 heterocycles. The Hall–Kier alpha value is -1.41. The Morgan fingerprint density at radius 2 is 2.25 bits per heavy atom. The third-order valence-corrected chi connectivity index (χ3v) is 5.29. The van der Waals surface area contributed by atoms with E-state index >= 15 is 0 Å². The van der Waals surface area contributed by atoms with Crippen LogP contribution in [0.3, 0.4) is 0 Å². The quantitative estimate of drug-likeness (QED) is 0.797. The Labute approximate surface area is 153 Å². The fourth-order valence-electron chi connectivity index (χ4n) is 2.68. The van der Waals surface area contributed by atoms with Crippen LogP contribution in [0.4, 0.5) is 15.3 Å². The van der Waals surface area contributed by atoms with Crippen LogP contribution in [0.25, 0.3) is 0 Å². The van der Waals surface area contributed by atoms with Crippen molar-refractivity contribution in [3.8, 4) is 0 Å². The minimum absolute atomic E-state index is 0.105. The molecule has 1 N–H and O–H groups in total.